The molecule has 12 heavy (non-hydrogen) atoms. The van der Waals surface area contributed by atoms with E-state index in [2.05, 4.69) is 16.5 Å². The highest BCUT2D eigenvalue weighted by Crippen LogP contribution is 2.06. The van der Waals surface area contributed by atoms with Crippen molar-refractivity contribution in [1.29, 1.82) is 0 Å². The molecule has 1 aromatic heterocycles. The Morgan fingerprint density at radius 1 is 1.67 bits per heavy atom. The molecule has 0 aliphatic carbocycles. The zero-order valence-corrected chi connectivity index (χ0v) is 6.99. The molecule has 1 heterocycles. The van der Waals surface area contributed by atoms with Crippen molar-refractivity contribution in [2.45, 2.75) is 6.92 Å². The van der Waals surface area contributed by atoms with E-state index in [1.807, 2.05) is 13.0 Å². The summed E-state index contributed by atoms with van der Waals surface area (Å²) in [4.78, 5) is 8.18. The molecule has 0 aromatic carbocycles. The molecule has 0 saturated heterocycles. The summed E-state index contributed by atoms with van der Waals surface area (Å²) >= 11 is 0. The number of hydrogen-bond acceptors (Lipinski definition) is 3. The molecule has 0 saturated carbocycles. The zero-order valence-electron chi connectivity index (χ0n) is 6.99. The molecule has 0 aliphatic rings. The molecular formula is C9H11N3. The summed E-state index contributed by atoms with van der Waals surface area (Å²) in [7, 11) is 0. The van der Waals surface area contributed by atoms with E-state index in [0.717, 1.165) is 11.3 Å². The molecule has 62 valence electrons. The third-order valence-electron chi connectivity index (χ3n) is 1.36. The number of rotatable bonds is 2. The van der Waals surface area contributed by atoms with E-state index in [1.165, 1.54) is 6.20 Å². The van der Waals surface area contributed by atoms with Crippen LogP contribution in [0, 0.1) is 0 Å². The first-order valence-electron chi connectivity index (χ1n) is 3.61. The fourth-order valence-corrected chi connectivity index (χ4v) is 0.778. The van der Waals surface area contributed by atoms with Crippen LogP contribution in [0.5, 0.6) is 0 Å². The third kappa shape index (κ3) is 1.92. The minimum atomic E-state index is 0.609. The lowest BCUT2D eigenvalue weighted by atomic mass is 10.2. The van der Waals surface area contributed by atoms with E-state index in [4.69, 9.17) is 5.73 Å². The van der Waals surface area contributed by atoms with Crippen molar-refractivity contribution < 1.29 is 0 Å². The van der Waals surface area contributed by atoms with Crippen molar-refractivity contribution in [2.24, 2.45) is 5.73 Å². The van der Waals surface area contributed by atoms with Gasteiger partial charge in [-0.25, -0.2) is 9.97 Å². The molecule has 0 aliphatic heterocycles. The van der Waals surface area contributed by atoms with Crippen molar-refractivity contribution in [3.8, 4) is 0 Å². The number of nitrogens with two attached hydrogens (primary N) is 1. The molecule has 0 amide bonds. The number of allylic oxidation sites excluding steroid dienone is 1. The smallest absolute Gasteiger partial charge is 0.153 e. The number of aromatic nitrogens is 2. The van der Waals surface area contributed by atoms with Gasteiger partial charge >= 0.3 is 0 Å². The van der Waals surface area contributed by atoms with Crippen molar-refractivity contribution in [3.05, 3.63) is 36.6 Å². The van der Waals surface area contributed by atoms with Gasteiger partial charge in [0.1, 0.15) is 0 Å². The van der Waals surface area contributed by atoms with Crippen molar-refractivity contribution in [3.63, 3.8) is 0 Å². The third-order valence-corrected chi connectivity index (χ3v) is 1.36. The molecule has 0 bridgehead atoms. The Hall–Kier alpha value is -1.64. The minimum absolute atomic E-state index is 0.609. The second kappa shape index (κ2) is 3.67. The van der Waals surface area contributed by atoms with E-state index in [9.17, 15) is 0 Å². The van der Waals surface area contributed by atoms with E-state index in [0.29, 0.717) is 5.82 Å². The van der Waals surface area contributed by atoms with Gasteiger partial charge in [0.2, 0.25) is 0 Å². The maximum Gasteiger partial charge on any atom is 0.153 e. The van der Waals surface area contributed by atoms with Crippen LogP contribution in [0.1, 0.15) is 18.4 Å². The Balaban J connectivity index is 3.03. The Morgan fingerprint density at radius 3 is 3.00 bits per heavy atom. The summed E-state index contributed by atoms with van der Waals surface area (Å²) < 4.78 is 0. The number of nitrogens with zero attached hydrogens (tertiary/aromatic N) is 2. The topological polar surface area (TPSA) is 51.8 Å². The summed E-state index contributed by atoms with van der Waals surface area (Å²) in [6, 6.07) is 1.82. The first-order valence-corrected chi connectivity index (χ1v) is 3.61. The van der Waals surface area contributed by atoms with Crippen LogP contribution in [0.25, 0.3) is 11.6 Å². The fraction of sp³-hybridized carbons (Fsp3) is 0.111. The highest BCUT2D eigenvalue weighted by atomic mass is 14.9. The highest BCUT2D eigenvalue weighted by Gasteiger charge is 1.95. The summed E-state index contributed by atoms with van der Waals surface area (Å²) in [6.07, 6.45) is 4.75. The first kappa shape index (κ1) is 8.46. The second-order valence-electron chi connectivity index (χ2n) is 2.44. The van der Waals surface area contributed by atoms with Crippen LogP contribution in [0.2, 0.25) is 0 Å². The van der Waals surface area contributed by atoms with Gasteiger partial charge in [-0.2, -0.15) is 0 Å². The monoisotopic (exact) mass is 161 g/mol. The minimum Gasteiger partial charge on any atom is -0.404 e. The second-order valence-corrected chi connectivity index (χ2v) is 2.44. The predicted molar refractivity (Wildman–Crippen MR) is 50.0 cm³/mol. The standard InChI is InChI=1S/C9H11N3/c1-7(2)8-4-6-11-9(12-8)3-5-10/h3-6H,1,10H2,2H3/b5-3-. The maximum atomic E-state index is 5.20. The largest absolute Gasteiger partial charge is 0.404 e. The summed E-state index contributed by atoms with van der Waals surface area (Å²) in [5.41, 5.74) is 6.97. The van der Waals surface area contributed by atoms with Crippen molar-refractivity contribution in [2.75, 3.05) is 0 Å². The quantitative estimate of drug-likeness (QED) is 0.714. The highest BCUT2D eigenvalue weighted by molar-refractivity contribution is 5.58. The average molecular weight is 161 g/mol. The lowest BCUT2D eigenvalue weighted by Gasteiger charge is -1.98. The Bertz CT molecular complexity index is 315. The number of hydrogen-bond donors (Lipinski definition) is 1. The maximum absolute atomic E-state index is 5.20. The normalized spacial score (nSPS) is 10.4. The van der Waals surface area contributed by atoms with Gasteiger partial charge < -0.3 is 5.73 Å². The molecule has 0 radical (unpaired) electrons. The molecule has 1 aromatic rings. The van der Waals surface area contributed by atoms with Crippen LogP contribution in [0.4, 0.5) is 0 Å². The van der Waals surface area contributed by atoms with Crippen LogP contribution in [0.15, 0.2) is 25.0 Å². The summed E-state index contributed by atoms with van der Waals surface area (Å²) in [5.74, 6) is 0.609. The van der Waals surface area contributed by atoms with Gasteiger partial charge in [-0.05, 0) is 30.8 Å². The molecule has 3 heteroatoms. The van der Waals surface area contributed by atoms with Crippen LogP contribution in [0.3, 0.4) is 0 Å². The summed E-state index contributed by atoms with van der Waals surface area (Å²) in [6.45, 7) is 5.68. The Labute approximate surface area is 71.7 Å². The molecule has 0 atom stereocenters. The van der Waals surface area contributed by atoms with Crippen LogP contribution >= 0.6 is 0 Å². The van der Waals surface area contributed by atoms with Gasteiger partial charge in [0.05, 0.1) is 5.69 Å². The lowest BCUT2D eigenvalue weighted by molar-refractivity contribution is 1.11. The van der Waals surface area contributed by atoms with Gasteiger partial charge in [0, 0.05) is 6.20 Å². The van der Waals surface area contributed by atoms with E-state index in [1.54, 1.807) is 12.3 Å². The van der Waals surface area contributed by atoms with Gasteiger partial charge in [-0.3, -0.25) is 0 Å². The molecule has 3 nitrogen and oxygen atoms in total. The van der Waals surface area contributed by atoms with E-state index in [-0.39, 0.29) is 0 Å². The molecule has 0 unspecified atom stereocenters. The van der Waals surface area contributed by atoms with Gasteiger partial charge in [-0.15, -0.1) is 0 Å². The SMILES string of the molecule is C=C(C)c1ccnc(/C=C\N)n1. The lowest BCUT2D eigenvalue weighted by Crippen LogP contribution is -1.92. The van der Waals surface area contributed by atoms with Gasteiger partial charge in [-0.1, -0.05) is 6.58 Å². The zero-order chi connectivity index (χ0) is 8.97. The Kier molecular flexibility index (Phi) is 2.58. The molecule has 0 fully saturated rings. The van der Waals surface area contributed by atoms with Gasteiger partial charge in [0.15, 0.2) is 5.82 Å². The predicted octanol–water partition coefficient (Wildman–Crippen LogP) is 1.44. The molecule has 1 rings (SSSR count). The van der Waals surface area contributed by atoms with Crippen LogP contribution < -0.4 is 5.73 Å². The first-order chi connectivity index (χ1) is 5.74. The van der Waals surface area contributed by atoms with Crippen LogP contribution in [-0.4, -0.2) is 9.97 Å². The van der Waals surface area contributed by atoms with Crippen molar-refractivity contribution >= 4 is 11.6 Å². The summed E-state index contributed by atoms with van der Waals surface area (Å²) in [5, 5.41) is 0. The average Bonchev–Trinajstić information content (AvgIpc) is 2.05. The Morgan fingerprint density at radius 2 is 2.42 bits per heavy atom. The fourth-order valence-electron chi connectivity index (χ4n) is 0.778. The van der Waals surface area contributed by atoms with Crippen molar-refractivity contribution in [1.82, 2.24) is 9.97 Å². The van der Waals surface area contributed by atoms with Gasteiger partial charge in [0.25, 0.3) is 0 Å². The molecule has 0 spiro atoms. The molecule has 2 N–H and O–H groups in total. The van der Waals surface area contributed by atoms with E-state index < -0.39 is 0 Å². The molecular weight excluding hydrogens is 150 g/mol. The van der Waals surface area contributed by atoms with Crippen LogP contribution in [-0.2, 0) is 0 Å². The van der Waals surface area contributed by atoms with E-state index >= 15 is 0 Å².